The Hall–Kier alpha value is -2.95. The molecule has 2 aromatic carbocycles. The Labute approximate surface area is 215 Å². The van der Waals surface area contributed by atoms with Gasteiger partial charge in [-0.3, -0.25) is 10.1 Å². The van der Waals surface area contributed by atoms with Crippen molar-refractivity contribution in [1.82, 2.24) is 10.3 Å². The summed E-state index contributed by atoms with van der Waals surface area (Å²) in [5.41, 5.74) is 6.39. The summed E-state index contributed by atoms with van der Waals surface area (Å²) in [5, 5.41) is 23.0. The van der Waals surface area contributed by atoms with Gasteiger partial charge < -0.3 is 25.4 Å². The van der Waals surface area contributed by atoms with Gasteiger partial charge >= 0.3 is 0 Å². The van der Waals surface area contributed by atoms with Crippen molar-refractivity contribution in [1.29, 1.82) is 0 Å². The average molecular weight is 528 g/mol. The van der Waals surface area contributed by atoms with Crippen molar-refractivity contribution >= 4 is 30.7 Å². The number of halogens is 3. The van der Waals surface area contributed by atoms with Crippen molar-refractivity contribution in [2.24, 2.45) is 5.73 Å². The minimum Gasteiger partial charge on any atom is -0.472 e. The number of hydrogen-bond donors (Lipinski definition) is 4. The van der Waals surface area contributed by atoms with Crippen LogP contribution in [-0.2, 0) is 6.42 Å². The van der Waals surface area contributed by atoms with Crippen LogP contribution in [0.3, 0.4) is 0 Å². The number of benzene rings is 2. The number of primary amides is 1. The number of carbonyl (C=O) groups excluding carboxylic acids is 1. The molecule has 0 bridgehead atoms. The van der Waals surface area contributed by atoms with Crippen LogP contribution in [0.1, 0.15) is 22.8 Å². The number of nitrogens with one attached hydrogen (secondary N) is 1. The number of carbonyl (C=O) groups is 1. The lowest BCUT2D eigenvalue weighted by atomic mass is 10.1. The van der Waals surface area contributed by atoms with E-state index in [1.54, 1.807) is 36.4 Å². The number of aliphatic hydroxyl groups is 2. The molecule has 3 aromatic rings. The average Bonchev–Trinajstić information content (AvgIpc) is 2.79. The van der Waals surface area contributed by atoms with Crippen LogP contribution in [0.25, 0.3) is 0 Å². The zero-order chi connectivity index (χ0) is 23.8. The van der Waals surface area contributed by atoms with E-state index < -0.39 is 30.1 Å². The number of aliphatic hydroxyl groups excluding tert-OH is 2. The maximum atomic E-state index is 13.4. The number of hydrogen-bond acceptors (Lipinski definition) is 7. The molecular weight excluding hydrogens is 500 g/mol. The fraction of sp³-hybridized carbons (Fsp3) is 0.250. The molecule has 190 valence electrons. The third-order valence-corrected chi connectivity index (χ3v) is 4.77. The van der Waals surface area contributed by atoms with E-state index in [0.717, 1.165) is 5.56 Å². The molecule has 0 spiro atoms. The van der Waals surface area contributed by atoms with Crippen molar-refractivity contribution in [2.75, 3.05) is 6.61 Å². The van der Waals surface area contributed by atoms with Crippen LogP contribution < -0.4 is 20.5 Å². The van der Waals surface area contributed by atoms with Crippen LogP contribution in [0, 0.1) is 5.82 Å². The molecule has 0 saturated carbocycles. The summed E-state index contributed by atoms with van der Waals surface area (Å²) in [7, 11) is 0. The van der Waals surface area contributed by atoms with Gasteiger partial charge in [-0.25, -0.2) is 9.37 Å². The summed E-state index contributed by atoms with van der Waals surface area (Å²) in [6, 6.07) is 15.3. The summed E-state index contributed by atoms with van der Waals surface area (Å²) in [6.45, 7) is 1.32. The molecule has 0 saturated heterocycles. The first-order valence-electron chi connectivity index (χ1n) is 10.3. The quantitative estimate of drug-likeness (QED) is 0.282. The fourth-order valence-corrected chi connectivity index (χ4v) is 3.12. The molecule has 1 heterocycles. The number of rotatable bonds is 11. The van der Waals surface area contributed by atoms with E-state index >= 15 is 0 Å². The number of nitrogens with zero attached hydrogens (tertiary/aromatic N) is 1. The van der Waals surface area contributed by atoms with Crippen molar-refractivity contribution in [3.63, 3.8) is 0 Å². The van der Waals surface area contributed by atoms with Gasteiger partial charge in [0.2, 0.25) is 5.88 Å². The highest BCUT2D eigenvalue weighted by Gasteiger charge is 2.21. The zero-order valence-corrected chi connectivity index (χ0v) is 20.5. The number of ether oxygens (including phenoxy) is 2. The van der Waals surface area contributed by atoms with Gasteiger partial charge in [-0.2, -0.15) is 0 Å². The Kier molecular flexibility index (Phi) is 12.4. The van der Waals surface area contributed by atoms with Crippen LogP contribution in [0.15, 0.2) is 66.9 Å². The minimum atomic E-state index is -0.920. The summed E-state index contributed by atoms with van der Waals surface area (Å²) in [6.07, 6.45) is 0.139. The molecule has 11 heteroatoms. The lowest BCUT2D eigenvalue weighted by molar-refractivity contribution is 0.0136. The summed E-state index contributed by atoms with van der Waals surface area (Å²) in [4.78, 5) is 15.6. The maximum absolute atomic E-state index is 13.4. The second-order valence-corrected chi connectivity index (χ2v) is 7.45. The molecule has 1 unspecified atom stereocenters. The Morgan fingerprint density at radius 1 is 1.11 bits per heavy atom. The lowest BCUT2D eigenvalue weighted by Crippen LogP contribution is -2.50. The number of nitrogens with two attached hydrogens (primary N) is 1. The van der Waals surface area contributed by atoms with E-state index in [4.69, 9.17) is 15.2 Å². The van der Waals surface area contributed by atoms with E-state index in [1.807, 2.05) is 0 Å². The molecular formula is C24H28Cl2FN3O5. The van der Waals surface area contributed by atoms with Crippen molar-refractivity contribution in [3.05, 3.63) is 83.8 Å². The van der Waals surface area contributed by atoms with Gasteiger partial charge in [0.1, 0.15) is 29.0 Å². The van der Waals surface area contributed by atoms with E-state index in [0.29, 0.717) is 12.2 Å². The maximum Gasteiger partial charge on any atom is 0.254 e. The van der Waals surface area contributed by atoms with Crippen molar-refractivity contribution in [3.8, 4) is 17.4 Å². The smallest absolute Gasteiger partial charge is 0.254 e. The first kappa shape index (κ1) is 30.1. The Morgan fingerprint density at radius 2 is 1.83 bits per heavy atom. The highest BCUT2D eigenvalue weighted by atomic mass is 35.5. The van der Waals surface area contributed by atoms with Crippen LogP contribution >= 0.6 is 24.8 Å². The molecule has 5 N–H and O–H groups in total. The predicted octanol–water partition coefficient (Wildman–Crippen LogP) is 3.23. The molecule has 0 aliphatic rings. The molecule has 8 nitrogen and oxygen atoms in total. The third kappa shape index (κ3) is 8.97. The molecule has 1 amide bonds. The lowest BCUT2D eigenvalue weighted by Gasteiger charge is -2.27. The zero-order valence-electron chi connectivity index (χ0n) is 18.8. The second-order valence-electron chi connectivity index (χ2n) is 7.45. The molecule has 0 fully saturated rings. The molecule has 3 rings (SSSR count). The predicted molar refractivity (Wildman–Crippen MR) is 134 cm³/mol. The first-order valence-corrected chi connectivity index (χ1v) is 10.3. The molecule has 0 radical (unpaired) electrons. The molecule has 0 aliphatic carbocycles. The molecule has 0 aliphatic heterocycles. The largest absolute Gasteiger partial charge is 0.472 e. The number of pyridine rings is 1. The van der Waals surface area contributed by atoms with Gasteiger partial charge in [0.05, 0.1) is 6.61 Å². The van der Waals surface area contributed by atoms with Gasteiger partial charge in [0.25, 0.3) is 5.91 Å². The van der Waals surface area contributed by atoms with Crippen LogP contribution in [0.4, 0.5) is 4.39 Å². The van der Waals surface area contributed by atoms with Crippen LogP contribution in [0.5, 0.6) is 17.4 Å². The van der Waals surface area contributed by atoms with Gasteiger partial charge in [0.15, 0.2) is 6.23 Å². The van der Waals surface area contributed by atoms with Crippen molar-refractivity contribution < 1.29 is 28.9 Å². The summed E-state index contributed by atoms with van der Waals surface area (Å²) in [5.74, 6) is -0.255. The molecule has 1 aromatic heterocycles. The SMILES string of the molecule is C[C@H](O)C(N[C@H](CO)Cc1ccc(Oc2ncccc2C(N)=O)cc1)Oc1cccc(F)c1.Cl.Cl. The van der Waals surface area contributed by atoms with Gasteiger partial charge in [-0.05, 0) is 55.3 Å². The molecule has 35 heavy (non-hydrogen) atoms. The van der Waals surface area contributed by atoms with Gasteiger partial charge in [-0.15, -0.1) is 24.8 Å². The standard InChI is InChI=1S/C24H26FN3O5.2ClH/c1-15(30)23(33-20-5-2-4-17(25)13-20)28-18(14-29)12-16-7-9-19(10-8-16)32-24-21(22(26)31)6-3-11-27-24;;/h2-11,13,15,18,23,28-30H,12,14H2,1H3,(H2,26,31);2*1H/t15-,18-,23?;;/m0../s1. The van der Waals surface area contributed by atoms with E-state index in [9.17, 15) is 19.4 Å². The first-order chi connectivity index (χ1) is 15.9. The number of amides is 1. The fourth-order valence-electron chi connectivity index (χ4n) is 3.12. The van der Waals surface area contributed by atoms with E-state index in [1.165, 1.54) is 37.4 Å². The third-order valence-electron chi connectivity index (χ3n) is 4.77. The van der Waals surface area contributed by atoms with Crippen LogP contribution in [-0.4, -0.2) is 46.1 Å². The normalized spacial score (nSPS) is 12.9. The molecule has 3 atom stereocenters. The number of aromatic nitrogens is 1. The van der Waals surface area contributed by atoms with E-state index in [2.05, 4.69) is 10.3 Å². The monoisotopic (exact) mass is 527 g/mol. The highest BCUT2D eigenvalue weighted by Crippen LogP contribution is 2.23. The second kappa shape index (κ2) is 14.4. The van der Waals surface area contributed by atoms with Crippen LogP contribution in [0.2, 0.25) is 0 Å². The Balaban J connectivity index is 0.00000306. The Bertz CT molecular complexity index is 1070. The van der Waals surface area contributed by atoms with E-state index in [-0.39, 0.29) is 48.6 Å². The minimum absolute atomic E-state index is 0. The highest BCUT2D eigenvalue weighted by molar-refractivity contribution is 5.95. The topological polar surface area (TPSA) is 127 Å². The Morgan fingerprint density at radius 3 is 2.43 bits per heavy atom. The van der Waals surface area contributed by atoms with Gasteiger partial charge in [0, 0.05) is 18.3 Å². The van der Waals surface area contributed by atoms with Crippen molar-refractivity contribution in [2.45, 2.75) is 31.7 Å². The van der Waals surface area contributed by atoms with Gasteiger partial charge in [-0.1, -0.05) is 18.2 Å². The summed E-state index contributed by atoms with van der Waals surface area (Å²) < 4.78 is 24.8. The summed E-state index contributed by atoms with van der Waals surface area (Å²) >= 11 is 0.